The molecule has 0 radical (unpaired) electrons. The van der Waals surface area contributed by atoms with Gasteiger partial charge in [0.15, 0.2) is 0 Å². The Morgan fingerprint density at radius 2 is 0.971 bits per heavy atom. The van der Waals surface area contributed by atoms with Crippen LogP contribution in [0.3, 0.4) is 0 Å². The van der Waals surface area contributed by atoms with Crippen LogP contribution in [0.1, 0.15) is 50.2 Å². The van der Waals surface area contributed by atoms with Crippen molar-refractivity contribution in [2.24, 2.45) is 0 Å². The summed E-state index contributed by atoms with van der Waals surface area (Å²) in [7, 11) is 0. The van der Waals surface area contributed by atoms with Gasteiger partial charge in [-0.2, -0.15) is 0 Å². The third-order valence-corrected chi connectivity index (χ3v) is 6.26. The minimum absolute atomic E-state index is 0. The first-order valence-corrected chi connectivity index (χ1v) is 10.5. The monoisotopic (exact) mass is 657 g/mol. The molecule has 0 N–H and O–H groups in total. The van der Waals surface area contributed by atoms with Crippen LogP contribution in [-0.2, 0) is 31.9 Å². The molecule has 0 atom stereocenters. The standard InChI is InChI=1S/C26H18F4N4.Pt/c1-25(2)15-11-13(21(27)33-23(15)29)17-7-5-9-19(31-17)26(3,4)20-10-6-8-18(32-20)14-12-16(25)24(30)34-22(14)28;/h5-10H,1-4H3;/q-2;+2. The third kappa shape index (κ3) is 3.98. The van der Waals surface area contributed by atoms with Crippen molar-refractivity contribution in [1.29, 1.82) is 0 Å². The summed E-state index contributed by atoms with van der Waals surface area (Å²) < 4.78 is 59.5. The first-order valence-electron chi connectivity index (χ1n) is 10.5. The van der Waals surface area contributed by atoms with Gasteiger partial charge in [-0.25, -0.2) is 17.6 Å². The van der Waals surface area contributed by atoms with Crippen molar-refractivity contribution < 1.29 is 38.6 Å². The van der Waals surface area contributed by atoms with E-state index >= 15 is 0 Å². The summed E-state index contributed by atoms with van der Waals surface area (Å²) in [6.07, 6.45) is 0. The summed E-state index contributed by atoms with van der Waals surface area (Å²) in [5.74, 6) is -4.55. The maximum absolute atomic E-state index is 14.9. The molecule has 1 aliphatic rings. The number of hydrogen-bond donors (Lipinski definition) is 0. The second kappa shape index (κ2) is 8.59. The van der Waals surface area contributed by atoms with Crippen molar-refractivity contribution in [3.63, 3.8) is 0 Å². The van der Waals surface area contributed by atoms with Gasteiger partial charge in [-0.05, 0) is 42.8 Å². The van der Waals surface area contributed by atoms with Gasteiger partial charge in [0.05, 0.1) is 0 Å². The van der Waals surface area contributed by atoms with Gasteiger partial charge in [0.2, 0.25) is 0 Å². The van der Waals surface area contributed by atoms with Gasteiger partial charge in [0.1, 0.15) is 23.8 Å². The van der Waals surface area contributed by atoms with E-state index in [0.717, 1.165) is 0 Å². The Hall–Kier alpha value is -2.99. The van der Waals surface area contributed by atoms with Crippen LogP contribution in [0.4, 0.5) is 17.6 Å². The van der Waals surface area contributed by atoms with E-state index in [1.165, 1.54) is 13.8 Å². The Morgan fingerprint density at radius 3 is 1.37 bits per heavy atom. The molecule has 0 aromatic carbocycles. The molecule has 0 amide bonds. The zero-order valence-corrected chi connectivity index (χ0v) is 21.4. The van der Waals surface area contributed by atoms with Crippen molar-refractivity contribution in [3.05, 3.63) is 94.8 Å². The van der Waals surface area contributed by atoms with Gasteiger partial charge < -0.3 is 9.97 Å². The van der Waals surface area contributed by atoms with E-state index < -0.39 is 34.6 Å². The fourth-order valence-corrected chi connectivity index (χ4v) is 4.12. The summed E-state index contributed by atoms with van der Waals surface area (Å²) in [5, 5.41) is 0. The van der Waals surface area contributed by atoms with Crippen LogP contribution in [0.25, 0.3) is 22.5 Å². The topological polar surface area (TPSA) is 51.6 Å². The number of fused-ring (bicyclic) bond motifs is 10. The Bertz CT molecular complexity index is 1360. The zero-order valence-electron chi connectivity index (χ0n) is 19.1. The summed E-state index contributed by atoms with van der Waals surface area (Å²) >= 11 is 0. The maximum atomic E-state index is 14.9. The molecule has 4 aromatic heterocycles. The molecule has 0 saturated heterocycles. The number of aromatic nitrogens is 4. The molecule has 4 aromatic rings. The molecule has 0 spiro atoms. The summed E-state index contributed by atoms with van der Waals surface area (Å²) in [4.78, 5) is 16.0. The van der Waals surface area contributed by atoms with E-state index in [4.69, 9.17) is 0 Å². The van der Waals surface area contributed by atoms with Crippen LogP contribution in [0.2, 0.25) is 0 Å². The van der Waals surface area contributed by atoms with Gasteiger partial charge in [-0.3, -0.25) is 9.97 Å². The van der Waals surface area contributed by atoms with Crippen molar-refractivity contribution in [2.75, 3.05) is 0 Å². The smallest absolute Gasteiger partial charge is 0.300 e. The van der Waals surface area contributed by atoms with E-state index in [9.17, 15) is 17.6 Å². The number of nitrogens with zero attached hydrogens (tertiary/aromatic N) is 4. The summed E-state index contributed by atoms with van der Waals surface area (Å²) in [6, 6.07) is 15.5. The molecule has 35 heavy (non-hydrogen) atoms. The second-order valence-corrected chi connectivity index (χ2v) is 9.20. The largest absolute Gasteiger partial charge is 2.00 e. The normalized spacial score (nSPS) is 15.1. The Morgan fingerprint density at radius 1 is 0.571 bits per heavy atom. The van der Waals surface area contributed by atoms with Gasteiger partial charge in [0.25, 0.3) is 0 Å². The molecule has 5 heterocycles. The molecule has 8 bridgehead atoms. The van der Waals surface area contributed by atoms with Gasteiger partial charge in [-0.1, -0.05) is 60.4 Å². The molecule has 9 heteroatoms. The number of halogens is 4. The number of rotatable bonds is 0. The maximum Gasteiger partial charge on any atom is 2.00 e. The fourth-order valence-electron chi connectivity index (χ4n) is 4.12. The molecule has 0 saturated carbocycles. The molecule has 0 fully saturated rings. The molecule has 5 rings (SSSR count). The van der Waals surface area contributed by atoms with Crippen LogP contribution in [0.5, 0.6) is 0 Å². The molecule has 1 aliphatic heterocycles. The fraction of sp³-hybridized carbons (Fsp3) is 0.231. The van der Waals surface area contributed by atoms with Gasteiger partial charge in [0, 0.05) is 16.8 Å². The predicted molar refractivity (Wildman–Crippen MR) is 117 cm³/mol. The van der Waals surface area contributed by atoms with E-state index in [1.54, 1.807) is 36.4 Å². The van der Waals surface area contributed by atoms with E-state index in [-0.39, 0.29) is 54.7 Å². The second-order valence-electron chi connectivity index (χ2n) is 9.20. The Kier molecular flexibility index (Phi) is 6.16. The third-order valence-electron chi connectivity index (χ3n) is 6.26. The van der Waals surface area contributed by atoms with Crippen molar-refractivity contribution in [2.45, 2.75) is 38.5 Å². The van der Waals surface area contributed by atoms with Gasteiger partial charge >= 0.3 is 21.1 Å². The average molecular weight is 658 g/mol. The molecule has 180 valence electrons. The van der Waals surface area contributed by atoms with Crippen molar-refractivity contribution in [3.8, 4) is 22.5 Å². The van der Waals surface area contributed by atoms with Gasteiger partial charge in [-0.15, -0.1) is 12.1 Å². The van der Waals surface area contributed by atoms with Crippen LogP contribution < -0.4 is 0 Å². The number of hydrogen-bond acceptors (Lipinski definition) is 4. The van der Waals surface area contributed by atoms with Crippen LogP contribution >= 0.6 is 0 Å². The van der Waals surface area contributed by atoms with Crippen LogP contribution in [-0.4, -0.2) is 19.9 Å². The first kappa shape index (κ1) is 25.1. The minimum Gasteiger partial charge on any atom is -0.300 e. The van der Waals surface area contributed by atoms with Crippen molar-refractivity contribution in [1.82, 2.24) is 19.9 Å². The van der Waals surface area contributed by atoms with E-state index in [1.807, 2.05) is 13.8 Å². The van der Waals surface area contributed by atoms with E-state index in [2.05, 4.69) is 32.1 Å². The predicted octanol–water partition coefficient (Wildman–Crippen LogP) is 5.72. The molecular weight excluding hydrogens is 639 g/mol. The summed E-state index contributed by atoms with van der Waals surface area (Å²) in [5.41, 5.74) is -1.61. The molecular formula is C26H18F4N4Pt. The number of pyridine rings is 4. The molecule has 4 nitrogen and oxygen atoms in total. The Balaban J connectivity index is 0.00000289. The first-order chi connectivity index (χ1) is 16.0. The summed E-state index contributed by atoms with van der Waals surface area (Å²) in [6.45, 7) is 6.69. The quantitative estimate of drug-likeness (QED) is 0.138. The SMILES string of the molecule is CC1(C)c2cccc(n2)-c2[c-]c(c(F)nc2F)C(C)(C)c2[c-]c(c(F)nc2F)-c2cccc1n2.[Pt+2]. The average Bonchev–Trinajstić information content (AvgIpc) is 2.78. The van der Waals surface area contributed by atoms with Crippen LogP contribution in [0.15, 0.2) is 36.4 Å². The minimum atomic E-state index is -1.49. The van der Waals surface area contributed by atoms with Crippen LogP contribution in [0, 0.1) is 35.9 Å². The molecule has 0 aliphatic carbocycles. The Labute approximate surface area is 214 Å². The van der Waals surface area contributed by atoms with Crippen molar-refractivity contribution >= 4 is 0 Å². The molecule has 0 unspecified atom stereocenters. The zero-order chi connectivity index (χ0) is 24.4. The van der Waals surface area contributed by atoms with E-state index in [0.29, 0.717) is 11.4 Å².